The molecule has 16 heavy (non-hydrogen) atoms. The molecule has 0 spiro atoms. The van der Waals surface area contributed by atoms with Gasteiger partial charge in [0.15, 0.2) is 5.82 Å². The lowest BCUT2D eigenvalue weighted by molar-refractivity contribution is 0.247. The fourth-order valence-corrected chi connectivity index (χ4v) is 2.40. The molecule has 1 aliphatic heterocycles. The largest absolute Gasteiger partial charge is 0.394 e. The number of likely N-dealkylation sites (N-methyl/N-ethyl adjacent to an activating group) is 2. The molecule has 1 fully saturated rings. The monoisotopic (exact) mass is 223 g/mol. The van der Waals surface area contributed by atoms with Crippen LogP contribution in [0.25, 0.3) is 0 Å². The lowest BCUT2D eigenvalue weighted by Gasteiger charge is -2.36. The summed E-state index contributed by atoms with van der Waals surface area (Å²) in [6, 6.07) is 0.524. The molecule has 90 valence electrons. The van der Waals surface area contributed by atoms with E-state index in [2.05, 4.69) is 29.0 Å². The zero-order chi connectivity index (χ0) is 11.7. The van der Waals surface area contributed by atoms with Gasteiger partial charge in [-0.25, -0.2) is 0 Å². The van der Waals surface area contributed by atoms with Crippen molar-refractivity contribution in [2.45, 2.75) is 18.9 Å². The topological polar surface area (TPSA) is 50.3 Å². The van der Waals surface area contributed by atoms with Gasteiger partial charge in [0.05, 0.1) is 5.69 Å². The van der Waals surface area contributed by atoms with E-state index in [-0.39, 0.29) is 0 Å². The van der Waals surface area contributed by atoms with E-state index in [9.17, 15) is 0 Å². The molecule has 5 nitrogen and oxygen atoms in total. The molecule has 5 heteroatoms. The highest BCUT2D eigenvalue weighted by Gasteiger charge is 2.23. The van der Waals surface area contributed by atoms with Crippen LogP contribution >= 0.6 is 0 Å². The minimum absolute atomic E-state index is 0.524. The maximum absolute atomic E-state index is 5.95. The Morgan fingerprint density at radius 2 is 2.25 bits per heavy atom. The summed E-state index contributed by atoms with van der Waals surface area (Å²) in [7, 11) is 6.16. The van der Waals surface area contributed by atoms with Gasteiger partial charge in [-0.15, -0.1) is 0 Å². The smallest absolute Gasteiger partial charge is 0.173 e. The fourth-order valence-electron chi connectivity index (χ4n) is 2.40. The summed E-state index contributed by atoms with van der Waals surface area (Å²) in [4.78, 5) is 4.58. The molecule has 0 bridgehead atoms. The molecule has 1 atom stereocenters. The molecule has 1 saturated heterocycles. The van der Waals surface area contributed by atoms with Gasteiger partial charge in [0, 0.05) is 32.9 Å². The molecule has 1 aromatic rings. The predicted octanol–water partition coefficient (Wildman–Crippen LogP) is 0.533. The van der Waals surface area contributed by atoms with E-state index in [4.69, 9.17) is 5.73 Å². The van der Waals surface area contributed by atoms with Crippen molar-refractivity contribution in [3.63, 3.8) is 0 Å². The lowest BCUT2D eigenvalue weighted by Crippen LogP contribution is -2.45. The van der Waals surface area contributed by atoms with Gasteiger partial charge < -0.3 is 15.5 Å². The minimum atomic E-state index is 0.524. The summed E-state index contributed by atoms with van der Waals surface area (Å²) in [5, 5.41) is 4.41. The van der Waals surface area contributed by atoms with Crippen LogP contribution in [-0.2, 0) is 7.05 Å². The van der Waals surface area contributed by atoms with E-state index in [1.807, 2.05) is 13.2 Å². The van der Waals surface area contributed by atoms with E-state index < -0.39 is 0 Å². The van der Waals surface area contributed by atoms with Crippen molar-refractivity contribution in [2.75, 3.05) is 37.8 Å². The number of nitrogens with two attached hydrogens (primary N) is 1. The highest BCUT2D eigenvalue weighted by atomic mass is 15.4. The molecular weight excluding hydrogens is 202 g/mol. The number of rotatable bonds is 2. The van der Waals surface area contributed by atoms with Gasteiger partial charge in [0.25, 0.3) is 0 Å². The standard InChI is InChI=1S/C11H21N5/c1-14-6-4-5-9(7-14)16(3)11-10(12)8-15(2)13-11/h8-9H,4-7,12H2,1-3H3. The molecule has 1 unspecified atom stereocenters. The summed E-state index contributed by atoms with van der Waals surface area (Å²) in [5.41, 5.74) is 6.71. The van der Waals surface area contributed by atoms with Crippen molar-refractivity contribution in [1.82, 2.24) is 14.7 Å². The summed E-state index contributed by atoms with van der Waals surface area (Å²) in [6.07, 6.45) is 4.33. The Morgan fingerprint density at radius 3 is 2.81 bits per heavy atom. The summed E-state index contributed by atoms with van der Waals surface area (Å²) in [5.74, 6) is 0.905. The van der Waals surface area contributed by atoms with Gasteiger partial charge in [-0.3, -0.25) is 4.68 Å². The van der Waals surface area contributed by atoms with Crippen molar-refractivity contribution < 1.29 is 0 Å². The normalized spacial score (nSPS) is 22.3. The Labute approximate surface area is 96.8 Å². The first-order valence-corrected chi connectivity index (χ1v) is 5.78. The molecule has 2 rings (SSSR count). The van der Waals surface area contributed by atoms with Crippen LogP contribution in [0.15, 0.2) is 6.20 Å². The highest BCUT2D eigenvalue weighted by molar-refractivity contribution is 5.61. The first-order valence-electron chi connectivity index (χ1n) is 5.78. The first kappa shape index (κ1) is 11.3. The Hall–Kier alpha value is -1.23. The maximum atomic E-state index is 5.95. The maximum Gasteiger partial charge on any atom is 0.173 e. The number of nitrogen functional groups attached to an aromatic ring is 1. The number of hydrogen-bond acceptors (Lipinski definition) is 4. The van der Waals surface area contributed by atoms with Crippen LogP contribution in [0.4, 0.5) is 11.5 Å². The molecule has 2 N–H and O–H groups in total. The number of hydrogen-bond donors (Lipinski definition) is 1. The summed E-state index contributed by atoms with van der Waals surface area (Å²) >= 11 is 0. The van der Waals surface area contributed by atoms with Gasteiger partial charge in [-0.2, -0.15) is 5.10 Å². The molecule has 0 aromatic carbocycles. The molecule has 1 aromatic heterocycles. The molecular formula is C11H21N5. The van der Waals surface area contributed by atoms with E-state index >= 15 is 0 Å². The van der Waals surface area contributed by atoms with E-state index in [1.54, 1.807) is 4.68 Å². The van der Waals surface area contributed by atoms with Crippen LogP contribution in [0, 0.1) is 0 Å². The van der Waals surface area contributed by atoms with Gasteiger partial charge in [-0.1, -0.05) is 0 Å². The zero-order valence-electron chi connectivity index (χ0n) is 10.3. The molecule has 0 aliphatic carbocycles. The van der Waals surface area contributed by atoms with Crippen molar-refractivity contribution >= 4 is 11.5 Å². The Bertz CT molecular complexity index is 359. The Kier molecular flexibility index (Phi) is 3.05. The fraction of sp³-hybridized carbons (Fsp3) is 0.727. The lowest BCUT2D eigenvalue weighted by atomic mass is 10.1. The van der Waals surface area contributed by atoms with Crippen LogP contribution < -0.4 is 10.6 Å². The second-order valence-electron chi connectivity index (χ2n) is 4.75. The van der Waals surface area contributed by atoms with Crippen molar-refractivity contribution in [2.24, 2.45) is 7.05 Å². The second kappa shape index (κ2) is 4.33. The average molecular weight is 223 g/mol. The molecule has 2 heterocycles. The van der Waals surface area contributed by atoms with Gasteiger partial charge >= 0.3 is 0 Å². The van der Waals surface area contributed by atoms with Crippen LogP contribution in [0.2, 0.25) is 0 Å². The van der Waals surface area contributed by atoms with Gasteiger partial charge in [-0.05, 0) is 26.4 Å². The molecule has 1 aliphatic rings. The predicted molar refractivity (Wildman–Crippen MR) is 66.5 cm³/mol. The van der Waals surface area contributed by atoms with Crippen molar-refractivity contribution in [1.29, 1.82) is 0 Å². The SMILES string of the molecule is CN1CCCC(N(C)c2nn(C)cc2N)C1. The number of aromatic nitrogens is 2. The third-order valence-corrected chi connectivity index (χ3v) is 3.32. The molecule has 0 radical (unpaired) electrons. The quantitative estimate of drug-likeness (QED) is 0.794. The zero-order valence-corrected chi connectivity index (χ0v) is 10.3. The Balaban J connectivity index is 2.11. The third-order valence-electron chi connectivity index (χ3n) is 3.32. The highest BCUT2D eigenvalue weighted by Crippen LogP contribution is 2.24. The van der Waals surface area contributed by atoms with Crippen molar-refractivity contribution in [3.05, 3.63) is 6.20 Å². The van der Waals surface area contributed by atoms with Crippen LogP contribution in [-0.4, -0.2) is 47.9 Å². The number of likely N-dealkylation sites (tertiary alicyclic amines) is 1. The number of piperidine rings is 1. The third kappa shape index (κ3) is 2.14. The van der Waals surface area contributed by atoms with Gasteiger partial charge in [0.2, 0.25) is 0 Å². The van der Waals surface area contributed by atoms with Crippen LogP contribution in [0.3, 0.4) is 0 Å². The van der Waals surface area contributed by atoms with E-state index in [1.165, 1.54) is 19.4 Å². The first-order chi connectivity index (χ1) is 7.58. The van der Waals surface area contributed by atoms with E-state index in [0.29, 0.717) is 6.04 Å². The van der Waals surface area contributed by atoms with E-state index in [0.717, 1.165) is 18.1 Å². The van der Waals surface area contributed by atoms with Crippen LogP contribution in [0.1, 0.15) is 12.8 Å². The van der Waals surface area contributed by atoms with Crippen molar-refractivity contribution in [3.8, 4) is 0 Å². The number of anilines is 2. The van der Waals surface area contributed by atoms with Gasteiger partial charge in [0.1, 0.15) is 0 Å². The number of aryl methyl sites for hydroxylation is 1. The Morgan fingerprint density at radius 1 is 1.50 bits per heavy atom. The molecule has 0 saturated carbocycles. The number of nitrogens with zero attached hydrogens (tertiary/aromatic N) is 4. The summed E-state index contributed by atoms with van der Waals surface area (Å²) in [6.45, 7) is 2.29. The second-order valence-corrected chi connectivity index (χ2v) is 4.75. The average Bonchev–Trinajstić information content (AvgIpc) is 2.57. The molecule has 0 amide bonds. The minimum Gasteiger partial charge on any atom is -0.394 e. The van der Waals surface area contributed by atoms with Crippen LogP contribution in [0.5, 0.6) is 0 Å². The summed E-state index contributed by atoms with van der Waals surface area (Å²) < 4.78 is 1.77.